The van der Waals surface area contributed by atoms with Crippen LogP contribution in [0.5, 0.6) is 5.75 Å². The number of amides is 1. The third kappa shape index (κ3) is 4.94. The Morgan fingerprint density at radius 3 is 2.92 bits per heavy atom. The van der Waals surface area contributed by atoms with E-state index in [2.05, 4.69) is 20.4 Å². The van der Waals surface area contributed by atoms with E-state index in [-0.39, 0.29) is 11.7 Å². The molecule has 0 bridgehead atoms. The van der Waals surface area contributed by atoms with Crippen molar-refractivity contribution in [2.45, 2.75) is 19.4 Å². The number of rotatable bonds is 6. The molecule has 0 unspecified atom stereocenters. The number of piperidine rings is 1. The smallest absolute Gasteiger partial charge is 0.255 e. The van der Waals surface area contributed by atoms with Crippen molar-refractivity contribution in [1.29, 1.82) is 0 Å². The molecule has 0 saturated carbocycles. The molecule has 7 nitrogen and oxygen atoms in total. The molecule has 4 aromatic rings. The number of nitrogen functional groups attached to an aromatic ring is 1. The molecule has 1 aliphatic rings. The Hall–Kier alpha value is -4.17. The minimum atomic E-state index is -0.272. The van der Waals surface area contributed by atoms with Crippen molar-refractivity contribution in [1.82, 2.24) is 20.4 Å². The van der Waals surface area contributed by atoms with Crippen LogP contribution in [-0.2, 0) is 6.54 Å². The lowest BCUT2D eigenvalue weighted by molar-refractivity contribution is 0.0969. The molecule has 4 N–H and O–H groups in total. The minimum Gasteiger partial charge on any atom is -0.496 e. The third-order valence-electron chi connectivity index (χ3n) is 6.47. The summed E-state index contributed by atoms with van der Waals surface area (Å²) in [7, 11) is 1.55. The number of ether oxygens (including phenoxy) is 1. The largest absolute Gasteiger partial charge is 0.496 e. The number of carbonyl (C=O) groups is 1. The topological polar surface area (TPSA) is 96.3 Å². The van der Waals surface area contributed by atoms with Crippen molar-refractivity contribution in [2.24, 2.45) is 0 Å². The summed E-state index contributed by atoms with van der Waals surface area (Å²) >= 11 is 0. The second kappa shape index (κ2) is 10.2. The molecule has 1 aromatic heterocycles. The van der Waals surface area contributed by atoms with Crippen molar-refractivity contribution in [2.75, 3.05) is 25.9 Å². The molecular formula is C28H28FN5O2. The van der Waals surface area contributed by atoms with Crippen molar-refractivity contribution in [3.05, 3.63) is 89.4 Å². The average Bonchev–Trinajstić information content (AvgIpc) is 3.32. The number of halogens is 1. The Labute approximate surface area is 208 Å². The van der Waals surface area contributed by atoms with Crippen LogP contribution in [0, 0.1) is 5.82 Å². The molecule has 1 amide bonds. The number of hydrogen-bond donors (Lipinski definition) is 3. The SMILES string of the molecule is COc1cccc(F)c1CN1CCC/C(=C/NC(=O)c2ccc3[nH]nc(-c4cccc(N)c4)c3c2)C1. The Bertz CT molecular complexity index is 1450. The quantitative estimate of drug-likeness (QED) is 0.339. The Balaban J connectivity index is 1.29. The van der Waals surface area contributed by atoms with Gasteiger partial charge in [-0.1, -0.05) is 18.2 Å². The average molecular weight is 486 g/mol. The van der Waals surface area contributed by atoms with Gasteiger partial charge in [0.05, 0.1) is 18.3 Å². The Morgan fingerprint density at radius 2 is 2.08 bits per heavy atom. The van der Waals surface area contributed by atoms with Gasteiger partial charge in [0.25, 0.3) is 5.91 Å². The summed E-state index contributed by atoms with van der Waals surface area (Å²) in [5, 5.41) is 11.2. The number of hydrogen-bond acceptors (Lipinski definition) is 5. The van der Waals surface area contributed by atoms with Crippen LogP contribution in [0.4, 0.5) is 10.1 Å². The normalized spacial score (nSPS) is 15.3. The lowest BCUT2D eigenvalue weighted by Crippen LogP contribution is -2.32. The van der Waals surface area contributed by atoms with Crippen LogP contribution in [0.2, 0.25) is 0 Å². The van der Waals surface area contributed by atoms with E-state index < -0.39 is 0 Å². The summed E-state index contributed by atoms with van der Waals surface area (Å²) in [6.45, 7) is 1.95. The molecule has 1 saturated heterocycles. The minimum absolute atomic E-state index is 0.197. The maximum Gasteiger partial charge on any atom is 0.255 e. The summed E-state index contributed by atoms with van der Waals surface area (Å²) in [6, 6.07) is 17.8. The highest BCUT2D eigenvalue weighted by atomic mass is 19.1. The molecule has 2 heterocycles. The highest BCUT2D eigenvalue weighted by Crippen LogP contribution is 2.29. The second-order valence-electron chi connectivity index (χ2n) is 8.97. The van der Waals surface area contributed by atoms with Crippen LogP contribution in [0.1, 0.15) is 28.8 Å². The second-order valence-corrected chi connectivity index (χ2v) is 8.97. The van der Waals surface area contributed by atoms with Crippen LogP contribution in [0.15, 0.2) is 72.4 Å². The number of likely N-dealkylation sites (tertiary alicyclic amines) is 1. The molecule has 3 aromatic carbocycles. The molecule has 0 radical (unpaired) electrons. The molecule has 184 valence electrons. The number of benzene rings is 3. The fourth-order valence-corrected chi connectivity index (χ4v) is 4.65. The van der Waals surface area contributed by atoms with E-state index in [1.165, 1.54) is 6.07 Å². The van der Waals surface area contributed by atoms with Crippen molar-refractivity contribution in [3.8, 4) is 17.0 Å². The number of aromatic nitrogens is 2. The van der Waals surface area contributed by atoms with Crippen LogP contribution in [0.3, 0.4) is 0 Å². The van der Waals surface area contributed by atoms with Gasteiger partial charge in [-0.05, 0) is 67.4 Å². The van der Waals surface area contributed by atoms with Crippen LogP contribution in [0.25, 0.3) is 22.2 Å². The zero-order valence-electron chi connectivity index (χ0n) is 20.1. The molecule has 1 fully saturated rings. The number of nitrogens with zero attached hydrogens (tertiary/aromatic N) is 2. The molecular weight excluding hydrogens is 457 g/mol. The van der Waals surface area contributed by atoms with Crippen LogP contribution >= 0.6 is 0 Å². The Morgan fingerprint density at radius 1 is 1.22 bits per heavy atom. The van der Waals surface area contributed by atoms with Gasteiger partial charge in [0.1, 0.15) is 11.6 Å². The lowest BCUT2D eigenvalue weighted by atomic mass is 10.0. The molecule has 8 heteroatoms. The maximum absolute atomic E-state index is 14.4. The summed E-state index contributed by atoms with van der Waals surface area (Å²) in [5.41, 5.74) is 11.2. The predicted octanol–water partition coefficient (Wildman–Crippen LogP) is 4.87. The van der Waals surface area contributed by atoms with Gasteiger partial charge in [0.2, 0.25) is 0 Å². The van der Waals surface area contributed by atoms with Crippen molar-refractivity contribution >= 4 is 22.5 Å². The van der Waals surface area contributed by atoms with Gasteiger partial charge in [-0.2, -0.15) is 5.10 Å². The van der Waals surface area contributed by atoms with Gasteiger partial charge in [-0.25, -0.2) is 4.39 Å². The van der Waals surface area contributed by atoms with E-state index in [0.29, 0.717) is 35.7 Å². The number of nitrogens with one attached hydrogen (secondary N) is 2. The zero-order valence-corrected chi connectivity index (χ0v) is 20.1. The molecule has 1 aliphatic heterocycles. The first-order chi connectivity index (χ1) is 17.5. The Kier molecular flexibility index (Phi) is 6.69. The first kappa shape index (κ1) is 23.6. The summed E-state index contributed by atoms with van der Waals surface area (Å²) in [5.74, 6) is 0.0783. The standard InChI is InChI=1S/C28H28FN5O2/c1-36-26-9-3-8-24(29)23(26)17-34-12-4-5-18(16-34)15-31-28(35)20-10-11-25-22(14-20)27(33-32-25)19-6-2-7-21(30)13-19/h2-3,6-11,13-15H,4-5,12,16-17,30H2,1H3,(H,31,35)(H,32,33)/b18-15-. The van der Waals surface area contributed by atoms with E-state index >= 15 is 0 Å². The first-order valence-electron chi connectivity index (χ1n) is 11.9. The highest BCUT2D eigenvalue weighted by molar-refractivity contribution is 6.01. The van der Waals surface area contributed by atoms with Gasteiger partial charge < -0.3 is 15.8 Å². The number of methoxy groups -OCH3 is 1. The van der Waals surface area contributed by atoms with Gasteiger partial charge in [-0.3, -0.25) is 14.8 Å². The van der Waals surface area contributed by atoms with Gasteiger partial charge >= 0.3 is 0 Å². The van der Waals surface area contributed by atoms with E-state index in [0.717, 1.165) is 47.1 Å². The molecule has 0 aliphatic carbocycles. The van der Waals surface area contributed by atoms with E-state index in [1.54, 1.807) is 31.5 Å². The maximum atomic E-state index is 14.4. The fourth-order valence-electron chi connectivity index (χ4n) is 4.65. The number of anilines is 1. The van der Waals surface area contributed by atoms with Crippen LogP contribution < -0.4 is 15.8 Å². The molecule has 36 heavy (non-hydrogen) atoms. The highest BCUT2D eigenvalue weighted by Gasteiger charge is 2.19. The molecule has 0 atom stereocenters. The van der Waals surface area contributed by atoms with Crippen LogP contribution in [-0.4, -0.2) is 41.2 Å². The molecule has 0 spiro atoms. The summed E-state index contributed by atoms with van der Waals surface area (Å²) in [6.07, 6.45) is 3.60. The van der Waals surface area contributed by atoms with E-state index in [9.17, 15) is 9.18 Å². The zero-order chi connectivity index (χ0) is 25.1. The summed E-state index contributed by atoms with van der Waals surface area (Å²) in [4.78, 5) is 15.1. The number of aromatic amines is 1. The van der Waals surface area contributed by atoms with Gasteiger partial charge in [-0.15, -0.1) is 0 Å². The van der Waals surface area contributed by atoms with Gasteiger partial charge in [0, 0.05) is 47.1 Å². The predicted molar refractivity (Wildman–Crippen MR) is 139 cm³/mol. The fraction of sp³-hybridized carbons (Fsp3) is 0.214. The van der Waals surface area contributed by atoms with E-state index in [4.69, 9.17) is 10.5 Å². The third-order valence-corrected chi connectivity index (χ3v) is 6.47. The van der Waals surface area contributed by atoms with Crippen molar-refractivity contribution < 1.29 is 13.9 Å². The van der Waals surface area contributed by atoms with Crippen molar-refractivity contribution in [3.63, 3.8) is 0 Å². The number of carbonyl (C=O) groups excluding carboxylic acids is 1. The summed E-state index contributed by atoms with van der Waals surface area (Å²) < 4.78 is 19.7. The van der Waals surface area contributed by atoms with E-state index in [1.807, 2.05) is 36.4 Å². The first-order valence-corrected chi connectivity index (χ1v) is 11.9. The number of nitrogens with two attached hydrogens (primary N) is 1. The lowest BCUT2D eigenvalue weighted by Gasteiger charge is -2.29. The number of H-pyrrole nitrogens is 1. The monoisotopic (exact) mass is 485 g/mol. The van der Waals surface area contributed by atoms with Gasteiger partial charge in [0.15, 0.2) is 0 Å². The number of fused-ring (bicyclic) bond motifs is 1. The molecule has 5 rings (SSSR count).